The van der Waals surface area contributed by atoms with Gasteiger partial charge in [0, 0.05) is 6.04 Å². The molecule has 0 atom stereocenters. The fraction of sp³-hybridized carbons (Fsp3) is 0.500. The van der Waals surface area contributed by atoms with Crippen molar-refractivity contribution in [2.24, 2.45) is 0 Å². The average molecular weight is 287 g/mol. The summed E-state index contributed by atoms with van der Waals surface area (Å²) in [5.41, 5.74) is 8.44. The van der Waals surface area contributed by atoms with Crippen LogP contribution in [0.4, 0.5) is 5.95 Å². The zero-order chi connectivity index (χ0) is 14.8. The molecule has 3 rings (SSSR count). The Morgan fingerprint density at radius 1 is 1.38 bits per heavy atom. The number of nitrogens with two attached hydrogens (primary N) is 1. The van der Waals surface area contributed by atoms with Gasteiger partial charge in [0.2, 0.25) is 5.95 Å². The molecule has 5 heteroatoms. The van der Waals surface area contributed by atoms with Gasteiger partial charge in [0.05, 0.1) is 23.2 Å². The van der Waals surface area contributed by atoms with E-state index in [2.05, 4.69) is 9.55 Å². The van der Waals surface area contributed by atoms with E-state index in [0.717, 1.165) is 23.9 Å². The molecule has 1 fully saturated rings. The molecule has 0 amide bonds. The van der Waals surface area contributed by atoms with Crippen molar-refractivity contribution in [3.05, 3.63) is 23.8 Å². The first-order valence-corrected chi connectivity index (χ1v) is 7.65. The van der Waals surface area contributed by atoms with Crippen molar-refractivity contribution in [1.82, 2.24) is 9.55 Å². The number of hydrogen-bond acceptors (Lipinski definition) is 4. The fourth-order valence-corrected chi connectivity index (χ4v) is 3.18. The molecule has 21 heavy (non-hydrogen) atoms. The van der Waals surface area contributed by atoms with Crippen molar-refractivity contribution < 1.29 is 9.53 Å². The maximum absolute atomic E-state index is 11.9. The van der Waals surface area contributed by atoms with Crippen LogP contribution in [0.15, 0.2) is 18.2 Å². The first kappa shape index (κ1) is 13.9. The highest BCUT2D eigenvalue weighted by Crippen LogP contribution is 2.33. The maximum Gasteiger partial charge on any atom is 0.338 e. The van der Waals surface area contributed by atoms with Crippen molar-refractivity contribution in [3.63, 3.8) is 0 Å². The molecule has 1 aliphatic rings. The fourth-order valence-electron chi connectivity index (χ4n) is 3.18. The number of anilines is 1. The van der Waals surface area contributed by atoms with E-state index in [-0.39, 0.29) is 5.97 Å². The first-order valence-electron chi connectivity index (χ1n) is 7.65. The summed E-state index contributed by atoms with van der Waals surface area (Å²) in [5, 5.41) is 0. The number of rotatable bonds is 3. The Labute approximate surface area is 124 Å². The van der Waals surface area contributed by atoms with Crippen molar-refractivity contribution >= 4 is 23.0 Å². The Morgan fingerprint density at radius 2 is 2.14 bits per heavy atom. The van der Waals surface area contributed by atoms with E-state index in [1.54, 1.807) is 13.0 Å². The van der Waals surface area contributed by atoms with Crippen LogP contribution in [0.5, 0.6) is 0 Å². The van der Waals surface area contributed by atoms with E-state index >= 15 is 0 Å². The molecule has 2 N–H and O–H groups in total. The Balaban J connectivity index is 2.04. The van der Waals surface area contributed by atoms with Crippen LogP contribution in [-0.2, 0) is 4.74 Å². The molecule has 1 heterocycles. The molecule has 1 aromatic heterocycles. The van der Waals surface area contributed by atoms with Gasteiger partial charge in [0.15, 0.2) is 0 Å². The van der Waals surface area contributed by atoms with Gasteiger partial charge in [-0.3, -0.25) is 0 Å². The van der Waals surface area contributed by atoms with Gasteiger partial charge in [0.1, 0.15) is 0 Å². The number of nitrogens with zero attached hydrogens (tertiary/aromatic N) is 2. The van der Waals surface area contributed by atoms with Crippen molar-refractivity contribution in [2.75, 3.05) is 12.3 Å². The van der Waals surface area contributed by atoms with Gasteiger partial charge in [-0.15, -0.1) is 0 Å². The molecular formula is C16H21N3O2. The van der Waals surface area contributed by atoms with Crippen LogP contribution >= 0.6 is 0 Å². The third-order valence-corrected chi connectivity index (χ3v) is 4.17. The first-order chi connectivity index (χ1) is 10.2. The SMILES string of the molecule is CCOC(=O)c1ccc2nc(N)n(C3CCCCC3)c2c1. The van der Waals surface area contributed by atoms with Gasteiger partial charge >= 0.3 is 5.97 Å². The van der Waals surface area contributed by atoms with E-state index in [0.29, 0.717) is 24.2 Å². The van der Waals surface area contributed by atoms with Gasteiger partial charge in [-0.05, 0) is 38.0 Å². The number of esters is 1. The smallest absolute Gasteiger partial charge is 0.338 e. The highest BCUT2D eigenvalue weighted by atomic mass is 16.5. The third-order valence-electron chi connectivity index (χ3n) is 4.17. The summed E-state index contributed by atoms with van der Waals surface area (Å²) in [4.78, 5) is 16.3. The van der Waals surface area contributed by atoms with Crippen molar-refractivity contribution in [3.8, 4) is 0 Å². The minimum atomic E-state index is -0.297. The number of nitrogen functional groups attached to an aromatic ring is 1. The molecule has 0 unspecified atom stereocenters. The average Bonchev–Trinajstić information content (AvgIpc) is 2.83. The van der Waals surface area contributed by atoms with Crippen molar-refractivity contribution in [2.45, 2.75) is 45.1 Å². The van der Waals surface area contributed by atoms with Gasteiger partial charge in [-0.1, -0.05) is 19.3 Å². The lowest BCUT2D eigenvalue weighted by Crippen LogP contribution is -2.15. The zero-order valence-electron chi connectivity index (χ0n) is 12.3. The maximum atomic E-state index is 11.9. The lowest BCUT2D eigenvalue weighted by molar-refractivity contribution is 0.0526. The summed E-state index contributed by atoms with van der Waals surface area (Å²) in [6.07, 6.45) is 5.98. The van der Waals surface area contributed by atoms with Crippen LogP contribution in [0.2, 0.25) is 0 Å². The largest absolute Gasteiger partial charge is 0.462 e. The molecule has 112 valence electrons. The summed E-state index contributed by atoms with van der Waals surface area (Å²) >= 11 is 0. The van der Waals surface area contributed by atoms with Crippen LogP contribution in [0.3, 0.4) is 0 Å². The molecule has 0 spiro atoms. The summed E-state index contributed by atoms with van der Waals surface area (Å²) < 4.78 is 7.16. The Hall–Kier alpha value is -2.04. The lowest BCUT2D eigenvalue weighted by atomic mass is 9.95. The molecule has 0 aliphatic heterocycles. The number of fused-ring (bicyclic) bond motifs is 1. The van der Waals surface area contributed by atoms with E-state index in [4.69, 9.17) is 10.5 Å². The summed E-state index contributed by atoms with van der Waals surface area (Å²) in [6.45, 7) is 2.18. The normalized spacial score (nSPS) is 16.2. The number of carbonyl (C=O) groups excluding carboxylic acids is 1. The van der Waals surface area contributed by atoms with E-state index in [1.807, 2.05) is 12.1 Å². The second-order valence-electron chi connectivity index (χ2n) is 5.56. The molecule has 0 radical (unpaired) electrons. The molecule has 0 saturated heterocycles. The monoisotopic (exact) mass is 287 g/mol. The highest BCUT2D eigenvalue weighted by Gasteiger charge is 2.21. The van der Waals surface area contributed by atoms with Crippen LogP contribution in [-0.4, -0.2) is 22.1 Å². The van der Waals surface area contributed by atoms with Crippen molar-refractivity contribution in [1.29, 1.82) is 0 Å². The standard InChI is InChI=1S/C16H21N3O2/c1-2-21-15(20)11-8-9-13-14(10-11)19(16(17)18-13)12-6-4-3-5-7-12/h8-10,12H,2-7H2,1H3,(H2,17,18). The number of aromatic nitrogens is 2. The topological polar surface area (TPSA) is 70.1 Å². The van der Waals surface area contributed by atoms with Crippen LogP contribution < -0.4 is 5.73 Å². The zero-order valence-corrected chi connectivity index (χ0v) is 12.3. The molecule has 2 aromatic rings. The van der Waals surface area contributed by atoms with Crippen LogP contribution in [0, 0.1) is 0 Å². The Morgan fingerprint density at radius 3 is 2.86 bits per heavy atom. The van der Waals surface area contributed by atoms with Gasteiger partial charge in [-0.2, -0.15) is 0 Å². The second kappa shape index (κ2) is 5.76. The number of benzene rings is 1. The molecule has 5 nitrogen and oxygen atoms in total. The molecule has 1 aliphatic carbocycles. The molecule has 1 aromatic carbocycles. The number of carbonyl (C=O) groups is 1. The van der Waals surface area contributed by atoms with E-state index in [1.165, 1.54) is 19.3 Å². The highest BCUT2D eigenvalue weighted by molar-refractivity contribution is 5.94. The second-order valence-corrected chi connectivity index (χ2v) is 5.56. The third kappa shape index (κ3) is 2.60. The van der Waals surface area contributed by atoms with Crippen LogP contribution in [0.25, 0.3) is 11.0 Å². The van der Waals surface area contributed by atoms with E-state index < -0.39 is 0 Å². The molecular weight excluding hydrogens is 266 g/mol. The molecule has 1 saturated carbocycles. The minimum Gasteiger partial charge on any atom is -0.462 e. The predicted octanol–water partition coefficient (Wildman–Crippen LogP) is 3.30. The number of imidazole rings is 1. The summed E-state index contributed by atoms with van der Waals surface area (Å²) in [7, 11) is 0. The number of hydrogen-bond donors (Lipinski definition) is 1. The van der Waals surface area contributed by atoms with Gasteiger partial charge < -0.3 is 15.0 Å². The minimum absolute atomic E-state index is 0.297. The van der Waals surface area contributed by atoms with Crippen LogP contribution in [0.1, 0.15) is 55.4 Å². The lowest BCUT2D eigenvalue weighted by Gasteiger charge is -2.24. The summed E-state index contributed by atoms with van der Waals surface area (Å²) in [6, 6.07) is 5.83. The molecule has 0 bridgehead atoms. The Bertz CT molecular complexity index is 657. The van der Waals surface area contributed by atoms with Gasteiger partial charge in [-0.25, -0.2) is 9.78 Å². The Kier molecular flexibility index (Phi) is 3.82. The van der Waals surface area contributed by atoms with E-state index in [9.17, 15) is 4.79 Å². The quantitative estimate of drug-likeness (QED) is 0.879. The number of ether oxygens (including phenoxy) is 1. The van der Waals surface area contributed by atoms with Gasteiger partial charge in [0.25, 0.3) is 0 Å². The summed E-state index contributed by atoms with van der Waals surface area (Å²) in [5.74, 6) is 0.243. The predicted molar refractivity (Wildman–Crippen MR) is 82.2 cm³/mol.